The Kier molecular flexibility index (Phi) is 4.04. The molecule has 0 amide bonds. The van der Waals surface area contributed by atoms with Crippen LogP contribution in [0.25, 0.3) is 0 Å². The fraction of sp³-hybridized carbons (Fsp3) is 0.0909. The highest BCUT2D eigenvalue weighted by Gasteiger charge is 2.02. The minimum Gasteiger partial charge on any atom is -0.240 e. The van der Waals surface area contributed by atoms with Crippen LogP contribution in [0.3, 0.4) is 0 Å². The third-order valence-corrected chi connectivity index (χ3v) is 3.59. The highest BCUT2D eigenvalue weighted by atomic mass is 35.5. The number of rotatable bonds is 3. The Bertz CT molecular complexity index is 491. The summed E-state index contributed by atoms with van der Waals surface area (Å²) in [5, 5.41) is 1.21. The molecule has 0 bridgehead atoms. The maximum Gasteiger partial charge on any atom is 0.140 e. The van der Waals surface area contributed by atoms with Crippen molar-refractivity contribution >= 4 is 35.0 Å². The summed E-state index contributed by atoms with van der Waals surface area (Å²) in [4.78, 5) is 9.25. The number of halogens is 2. The first-order valence-corrected chi connectivity index (χ1v) is 6.34. The van der Waals surface area contributed by atoms with Gasteiger partial charge in [-0.2, -0.15) is 0 Å². The quantitative estimate of drug-likeness (QED) is 0.621. The monoisotopic (exact) mass is 270 g/mol. The molecule has 1 aromatic heterocycles. The maximum absolute atomic E-state index is 6.03. The van der Waals surface area contributed by atoms with E-state index in [2.05, 4.69) is 9.97 Å². The second kappa shape index (κ2) is 5.53. The molecule has 0 aliphatic carbocycles. The first-order chi connectivity index (χ1) is 7.75. The van der Waals surface area contributed by atoms with Crippen molar-refractivity contribution in [2.24, 2.45) is 0 Å². The lowest BCUT2D eigenvalue weighted by Gasteiger charge is -2.02. The smallest absolute Gasteiger partial charge is 0.140 e. The second-order valence-electron chi connectivity index (χ2n) is 3.01. The molecule has 16 heavy (non-hydrogen) atoms. The first kappa shape index (κ1) is 11.7. The Morgan fingerprint density at radius 3 is 2.69 bits per heavy atom. The molecular weight excluding hydrogens is 263 g/mol. The molecule has 2 rings (SSSR count). The minimum absolute atomic E-state index is 0.463. The normalized spacial score (nSPS) is 10.4. The van der Waals surface area contributed by atoms with Crippen LogP contribution in [0.4, 0.5) is 0 Å². The van der Waals surface area contributed by atoms with E-state index in [9.17, 15) is 0 Å². The van der Waals surface area contributed by atoms with Crippen molar-refractivity contribution in [1.82, 2.24) is 9.97 Å². The van der Waals surface area contributed by atoms with E-state index < -0.39 is 0 Å². The largest absolute Gasteiger partial charge is 0.240 e. The van der Waals surface area contributed by atoms with Crippen molar-refractivity contribution in [3.63, 3.8) is 0 Å². The van der Waals surface area contributed by atoms with Crippen LogP contribution in [0.15, 0.2) is 41.4 Å². The summed E-state index contributed by atoms with van der Waals surface area (Å²) in [6.45, 7) is 0. The number of nitrogens with zero attached hydrogens (tertiary/aromatic N) is 2. The molecule has 2 aromatic rings. The maximum atomic E-state index is 6.03. The molecule has 0 unspecified atom stereocenters. The van der Waals surface area contributed by atoms with Gasteiger partial charge in [-0.1, -0.05) is 35.3 Å². The Labute approximate surface area is 108 Å². The van der Waals surface area contributed by atoms with Crippen LogP contribution < -0.4 is 0 Å². The number of hydrogen-bond acceptors (Lipinski definition) is 3. The summed E-state index contributed by atoms with van der Waals surface area (Å²) in [5.74, 6) is 1.36. The molecule has 5 heteroatoms. The van der Waals surface area contributed by atoms with Crippen LogP contribution in [0.5, 0.6) is 0 Å². The van der Waals surface area contributed by atoms with Gasteiger partial charge < -0.3 is 0 Å². The zero-order chi connectivity index (χ0) is 11.4. The van der Waals surface area contributed by atoms with E-state index in [-0.39, 0.29) is 0 Å². The molecule has 82 valence electrons. The summed E-state index contributed by atoms with van der Waals surface area (Å²) in [7, 11) is 0. The Morgan fingerprint density at radius 2 is 1.94 bits per heavy atom. The summed E-state index contributed by atoms with van der Waals surface area (Å²) in [5.41, 5.74) is 0. The van der Waals surface area contributed by atoms with Crippen molar-refractivity contribution in [2.45, 2.75) is 10.6 Å². The Hall–Kier alpha value is -0.770. The molecular formula is C11H8Cl2N2S. The van der Waals surface area contributed by atoms with Gasteiger partial charge in [-0.3, -0.25) is 0 Å². The van der Waals surface area contributed by atoms with E-state index >= 15 is 0 Å². The van der Waals surface area contributed by atoms with Crippen LogP contribution in [0, 0.1) is 0 Å². The van der Waals surface area contributed by atoms with Gasteiger partial charge in [0, 0.05) is 11.1 Å². The van der Waals surface area contributed by atoms with E-state index in [0.717, 1.165) is 9.92 Å². The van der Waals surface area contributed by atoms with Crippen LogP contribution in [0.1, 0.15) is 5.82 Å². The molecule has 1 heterocycles. The lowest BCUT2D eigenvalue weighted by atomic mass is 10.4. The summed E-state index contributed by atoms with van der Waals surface area (Å²) in [6.07, 6.45) is 1.65. The third-order valence-electron chi connectivity index (χ3n) is 1.86. The lowest BCUT2D eigenvalue weighted by molar-refractivity contribution is 1.03. The fourth-order valence-electron chi connectivity index (χ4n) is 1.15. The summed E-state index contributed by atoms with van der Waals surface area (Å²) < 4.78 is 0. The molecule has 0 atom stereocenters. The first-order valence-electron chi connectivity index (χ1n) is 4.60. The van der Waals surface area contributed by atoms with Gasteiger partial charge in [0.1, 0.15) is 11.0 Å². The Morgan fingerprint density at radius 1 is 1.12 bits per heavy atom. The average Bonchev–Trinajstić information content (AvgIpc) is 2.28. The standard InChI is InChI=1S/C11H8Cl2N2S/c12-8-3-1-2-4-9(8)16-7-11-14-6-5-10(13)15-11/h1-6H,7H2. The highest BCUT2D eigenvalue weighted by Crippen LogP contribution is 2.28. The van der Waals surface area contributed by atoms with Crippen molar-refractivity contribution in [3.8, 4) is 0 Å². The summed E-state index contributed by atoms with van der Waals surface area (Å²) in [6, 6.07) is 9.35. The van der Waals surface area contributed by atoms with Gasteiger partial charge in [0.25, 0.3) is 0 Å². The SMILES string of the molecule is Clc1ccnc(CSc2ccccc2Cl)n1. The molecule has 0 fully saturated rings. The molecule has 0 saturated carbocycles. The number of benzene rings is 1. The van der Waals surface area contributed by atoms with Gasteiger partial charge in [-0.25, -0.2) is 9.97 Å². The predicted molar refractivity (Wildman–Crippen MR) is 68.1 cm³/mol. The van der Waals surface area contributed by atoms with Gasteiger partial charge >= 0.3 is 0 Å². The number of thioether (sulfide) groups is 1. The number of hydrogen-bond donors (Lipinski definition) is 0. The molecule has 0 aliphatic heterocycles. The Balaban J connectivity index is 2.05. The third kappa shape index (κ3) is 3.11. The molecule has 0 N–H and O–H groups in total. The molecule has 0 aliphatic rings. The van der Waals surface area contributed by atoms with Gasteiger partial charge in [0.05, 0.1) is 10.8 Å². The topological polar surface area (TPSA) is 25.8 Å². The molecule has 0 spiro atoms. The van der Waals surface area contributed by atoms with Crippen molar-refractivity contribution in [3.05, 3.63) is 52.5 Å². The fourth-order valence-corrected chi connectivity index (χ4v) is 2.41. The zero-order valence-corrected chi connectivity index (χ0v) is 10.6. The van der Waals surface area contributed by atoms with Gasteiger partial charge in [-0.15, -0.1) is 11.8 Å². The van der Waals surface area contributed by atoms with E-state index in [4.69, 9.17) is 23.2 Å². The average molecular weight is 271 g/mol. The molecule has 0 radical (unpaired) electrons. The van der Waals surface area contributed by atoms with Crippen molar-refractivity contribution < 1.29 is 0 Å². The molecule has 1 aromatic carbocycles. The minimum atomic E-state index is 0.463. The lowest BCUT2D eigenvalue weighted by Crippen LogP contribution is -1.91. The highest BCUT2D eigenvalue weighted by molar-refractivity contribution is 7.98. The van der Waals surface area contributed by atoms with Gasteiger partial charge in [0.15, 0.2) is 0 Å². The van der Waals surface area contributed by atoms with Crippen molar-refractivity contribution in [1.29, 1.82) is 0 Å². The summed E-state index contributed by atoms with van der Waals surface area (Å²) >= 11 is 13.4. The molecule has 0 saturated heterocycles. The predicted octanol–water partition coefficient (Wildman–Crippen LogP) is 4.08. The van der Waals surface area contributed by atoms with Crippen LogP contribution in [0.2, 0.25) is 10.2 Å². The molecule has 2 nitrogen and oxygen atoms in total. The van der Waals surface area contributed by atoms with E-state index in [0.29, 0.717) is 16.7 Å². The number of aromatic nitrogens is 2. The van der Waals surface area contributed by atoms with Crippen LogP contribution in [-0.4, -0.2) is 9.97 Å². The zero-order valence-electron chi connectivity index (χ0n) is 8.23. The van der Waals surface area contributed by atoms with Gasteiger partial charge in [-0.05, 0) is 18.2 Å². The second-order valence-corrected chi connectivity index (χ2v) is 4.83. The van der Waals surface area contributed by atoms with Crippen LogP contribution in [-0.2, 0) is 5.75 Å². The van der Waals surface area contributed by atoms with Gasteiger partial charge in [0.2, 0.25) is 0 Å². The van der Waals surface area contributed by atoms with E-state index in [1.54, 1.807) is 24.0 Å². The van der Waals surface area contributed by atoms with E-state index in [1.165, 1.54) is 0 Å². The van der Waals surface area contributed by atoms with Crippen molar-refractivity contribution in [2.75, 3.05) is 0 Å². The van der Waals surface area contributed by atoms with Crippen LogP contribution >= 0.6 is 35.0 Å². The van der Waals surface area contributed by atoms with E-state index in [1.807, 2.05) is 24.3 Å².